The average Bonchev–Trinajstić information content (AvgIpc) is 2.38. The first-order chi connectivity index (χ1) is 8.27. The molecule has 1 atom stereocenters. The van der Waals surface area contributed by atoms with Gasteiger partial charge in [-0.3, -0.25) is 15.1 Å². The highest BCUT2D eigenvalue weighted by Gasteiger charge is 2.17. The number of thioether (sulfide) groups is 1. The molecule has 0 spiro atoms. The lowest BCUT2D eigenvalue weighted by atomic mass is 10.2. The Morgan fingerprint density at radius 2 is 2.47 bits per heavy atom. The molecule has 1 aliphatic heterocycles. The van der Waals surface area contributed by atoms with E-state index in [-0.39, 0.29) is 5.69 Å². The van der Waals surface area contributed by atoms with Crippen LogP contribution >= 0.6 is 11.8 Å². The molecule has 0 saturated carbocycles. The summed E-state index contributed by atoms with van der Waals surface area (Å²) in [6, 6.07) is 1.66. The van der Waals surface area contributed by atoms with Gasteiger partial charge in [0.05, 0.1) is 4.92 Å². The van der Waals surface area contributed by atoms with E-state index in [1.165, 1.54) is 31.2 Å². The molecule has 2 rings (SSSR count). The van der Waals surface area contributed by atoms with Crippen LogP contribution in [0.5, 0.6) is 0 Å². The Kier molecular flexibility index (Phi) is 4.19. The zero-order valence-electron chi connectivity index (χ0n) is 9.46. The van der Waals surface area contributed by atoms with E-state index in [2.05, 4.69) is 10.3 Å². The van der Waals surface area contributed by atoms with Crippen LogP contribution in [0.15, 0.2) is 18.5 Å². The SMILES string of the molecule is O=[N+]([O-])c1cnccc1NCC1CCCCS1. The van der Waals surface area contributed by atoms with Crippen molar-refractivity contribution in [2.24, 2.45) is 0 Å². The Hall–Kier alpha value is -1.30. The Labute approximate surface area is 104 Å². The molecule has 0 aromatic carbocycles. The van der Waals surface area contributed by atoms with Crippen LogP contribution in [-0.4, -0.2) is 27.5 Å². The maximum absolute atomic E-state index is 10.8. The molecule has 2 heterocycles. The quantitative estimate of drug-likeness (QED) is 0.660. The second-order valence-corrected chi connectivity index (χ2v) is 5.43. The van der Waals surface area contributed by atoms with Gasteiger partial charge in [0.1, 0.15) is 11.9 Å². The average molecular weight is 253 g/mol. The van der Waals surface area contributed by atoms with Gasteiger partial charge in [-0.25, -0.2) is 0 Å². The fourth-order valence-electron chi connectivity index (χ4n) is 1.87. The zero-order valence-corrected chi connectivity index (χ0v) is 10.3. The van der Waals surface area contributed by atoms with Gasteiger partial charge in [0, 0.05) is 18.0 Å². The van der Waals surface area contributed by atoms with E-state index in [4.69, 9.17) is 0 Å². The summed E-state index contributed by atoms with van der Waals surface area (Å²) in [5, 5.41) is 14.5. The van der Waals surface area contributed by atoms with E-state index in [0.29, 0.717) is 10.9 Å². The van der Waals surface area contributed by atoms with Crippen molar-refractivity contribution in [2.75, 3.05) is 17.6 Å². The summed E-state index contributed by atoms with van der Waals surface area (Å²) in [6.45, 7) is 0.787. The van der Waals surface area contributed by atoms with E-state index in [1.807, 2.05) is 11.8 Å². The second-order valence-electron chi connectivity index (χ2n) is 4.02. The normalized spacial score (nSPS) is 19.9. The lowest BCUT2D eigenvalue weighted by Gasteiger charge is -2.21. The second kappa shape index (κ2) is 5.86. The van der Waals surface area contributed by atoms with Gasteiger partial charge in [0.25, 0.3) is 0 Å². The number of nitrogens with zero attached hydrogens (tertiary/aromatic N) is 2. The topological polar surface area (TPSA) is 68.1 Å². The van der Waals surface area contributed by atoms with Crippen molar-refractivity contribution in [1.82, 2.24) is 4.98 Å². The number of hydrogen-bond acceptors (Lipinski definition) is 5. The molecule has 0 radical (unpaired) electrons. The van der Waals surface area contributed by atoms with Crippen LogP contribution < -0.4 is 5.32 Å². The Morgan fingerprint density at radius 1 is 1.59 bits per heavy atom. The summed E-state index contributed by atoms with van der Waals surface area (Å²) >= 11 is 1.95. The van der Waals surface area contributed by atoms with Crippen molar-refractivity contribution in [3.05, 3.63) is 28.6 Å². The molecule has 1 fully saturated rings. The summed E-state index contributed by atoms with van der Waals surface area (Å²) in [4.78, 5) is 14.2. The lowest BCUT2D eigenvalue weighted by Crippen LogP contribution is -2.20. The van der Waals surface area contributed by atoms with Gasteiger partial charge in [-0.15, -0.1) is 0 Å². The summed E-state index contributed by atoms with van der Waals surface area (Å²) in [7, 11) is 0. The first-order valence-corrected chi connectivity index (χ1v) is 6.76. The Morgan fingerprint density at radius 3 is 3.18 bits per heavy atom. The summed E-state index contributed by atoms with van der Waals surface area (Å²) in [6.07, 6.45) is 6.60. The van der Waals surface area contributed by atoms with Crippen molar-refractivity contribution in [3.63, 3.8) is 0 Å². The number of rotatable bonds is 4. The van der Waals surface area contributed by atoms with Crippen molar-refractivity contribution in [1.29, 1.82) is 0 Å². The molecule has 1 aliphatic rings. The summed E-state index contributed by atoms with van der Waals surface area (Å²) < 4.78 is 0. The van der Waals surface area contributed by atoms with E-state index < -0.39 is 4.92 Å². The summed E-state index contributed by atoms with van der Waals surface area (Å²) in [5.41, 5.74) is 0.615. The first kappa shape index (κ1) is 12.2. The molecule has 1 unspecified atom stereocenters. The van der Waals surface area contributed by atoms with Gasteiger partial charge >= 0.3 is 5.69 Å². The van der Waals surface area contributed by atoms with Crippen LogP contribution in [0, 0.1) is 10.1 Å². The third kappa shape index (κ3) is 3.33. The van der Waals surface area contributed by atoms with Crippen LogP contribution in [0.1, 0.15) is 19.3 Å². The molecule has 6 heteroatoms. The number of anilines is 1. The Bertz CT molecular complexity index is 394. The predicted octanol–water partition coefficient (Wildman–Crippen LogP) is 2.69. The lowest BCUT2D eigenvalue weighted by molar-refractivity contribution is -0.384. The highest BCUT2D eigenvalue weighted by Crippen LogP contribution is 2.27. The van der Waals surface area contributed by atoms with Crippen molar-refractivity contribution >= 4 is 23.1 Å². The van der Waals surface area contributed by atoms with Crippen LogP contribution in [0.2, 0.25) is 0 Å². The van der Waals surface area contributed by atoms with Gasteiger partial charge in [0.15, 0.2) is 0 Å². The van der Waals surface area contributed by atoms with Gasteiger partial charge in [0.2, 0.25) is 0 Å². The smallest absolute Gasteiger partial charge is 0.310 e. The largest absolute Gasteiger partial charge is 0.378 e. The Balaban J connectivity index is 1.96. The number of aromatic nitrogens is 1. The minimum absolute atomic E-state index is 0.0494. The van der Waals surface area contributed by atoms with Gasteiger partial charge in [-0.2, -0.15) is 11.8 Å². The minimum Gasteiger partial charge on any atom is -0.378 e. The van der Waals surface area contributed by atoms with Crippen molar-refractivity contribution in [2.45, 2.75) is 24.5 Å². The summed E-state index contributed by atoms with van der Waals surface area (Å²) in [5.74, 6) is 1.20. The fourth-order valence-corrected chi connectivity index (χ4v) is 3.11. The van der Waals surface area contributed by atoms with E-state index >= 15 is 0 Å². The van der Waals surface area contributed by atoms with Gasteiger partial charge in [-0.05, 0) is 24.7 Å². The van der Waals surface area contributed by atoms with Crippen LogP contribution in [0.4, 0.5) is 11.4 Å². The zero-order chi connectivity index (χ0) is 12.1. The standard InChI is InChI=1S/C11H15N3O2S/c15-14(16)11-8-12-5-4-10(11)13-7-9-3-1-2-6-17-9/h4-5,8-9H,1-3,6-7H2,(H,12,13). The number of nitrogens with one attached hydrogen (secondary N) is 1. The third-order valence-corrected chi connectivity index (χ3v) is 4.19. The molecule has 0 bridgehead atoms. The molecule has 1 N–H and O–H groups in total. The van der Waals surface area contributed by atoms with Crippen molar-refractivity contribution < 1.29 is 4.92 Å². The molecule has 1 aromatic rings. The molecule has 0 aliphatic carbocycles. The predicted molar refractivity (Wildman–Crippen MR) is 69.5 cm³/mol. The van der Waals surface area contributed by atoms with Gasteiger partial charge < -0.3 is 5.32 Å². The van der Waals surface area contributed by atoms with Gasteiger partial charge in [-0.1, -0.05) is 6.42 Å². The monoisotopic (exact) mass is 253 g/mol. The molecular formula is C11H15N3O2S. The third-order valence-electron chi connectivity index (χ3n) is 2.79. The van der Waals surface area contributed by atoms with Crippen molar-refractivity contribution in [3.8, 4) is 0 Å². The van der Waals surface area contributed by atoms with Crippen LogP contribution in [0.25, 0.3) is 0 Å². The molecule has 92 valence electrons. The molecule has 0 amide bonds. The number of pyridine rings is 1. The highest BCUT2D eigenvalue weighted by atomic mass is 32.2. The molecular weight excluding hydrogens is 238 g/mol. The highest BCUT2D eigenvalue weighted by molar-refractivity contribution is 7.99. The molecule has 17 heavy (non-hydrogen) atoms. The minimum atomic E-state index is -0.399. The van der Waals surface area contributed by atoms with Crippen LogP contribution in [-0.2, 0) is 0 Å². The van der Waals surface area contributed by atoms with Crippen LogP contribution in [0.3, 0.4) is 0 Å². The fraction of sp³-hybridized carbons (Fsp3) is 0.545. The van der Waals surface area contributed by atoms with E-state index in [1.54, 1.807) is 12.3 Å². The number of hydrogen-bond donors (Lipinski definition) is 1. The first-order valence-electron chi connectivity index (χ1n) is 5.71. The molecule has 5 nitrogen and oxygen atoms in total. The van der Waals surface area contributed by atoms with E-state index in [0.717, 1.165) is 6.54 Å². The maximum atomic E-state index is 10.8. The molecule has 1 saturated heterocycles. The molecule has 1 aromatic heterocycles. The van der Waals surface area contributed by atoms with E-state index in [9.17, 15) is 10.1 Å². The number of nitro groups is 1. The maximum Gasteiger partial charge on any atom is 0.310 e.